The average molecular weight is 261 g/mol. The number of fused-ring (bicyclic) bond motifs is 1. The Labute approximate surface area is 111 Å². The van der Waals surface area contributed by atoms with Crippen molar-refractivity contribution in [2.24, 2.45) is 0 Å². The van der Waals surface area contributed by atoms with Crippen LogP contribution in [0.1, 0.15) is 23.6 Å². The molecule has 95 valence electrons. The van der Waals surface area contributed by atoms with E-state index in [9.17, 15) is 4.79 Å². The van der Waals surface area contributed by atoms with E-state index in [4.69, 9.17) is 4.42 Å². The van der Waals surface area contributed by atoms with E-state index in [1.54, 1.807) is 11.8 Å². The first-order valence-corrected chi connectivity index (χ1v) is 7.06. The van der Waals surface area contributed by atoms with Gasteiger partial charge >= 0.3 is 0 Å². The molecule has 2 nitrogen and oxygen atoms in total. The van der Waals surface area contributed by atoms with Crippen molar-refractivity contribution in [2.45, 2.75) is 32.3 Å². The lowest BCUT2D eigenvalue weighted by molar-refractivity contribution is 0.490. The summed E-state index contributed by atoms with van der Waals surface area (Å²) < 4.78 is 5.91. The minimum atomic E-state index is 0.0746. The van der Waals surface area contributed by atoms with Crippen LogP contribution in [0.2, 0.25) is 0 Å². The van der Waals surface area contributed by atoms with Crippen LogP contribution in [0.25, 0.3) is 11.0 Å². The first-order chi connectivity index (χ1) is 8.58. The summed E-state index contributed by atoms with van der Waals surface area (Å²) >= 11 is 1.57. The van der Waals surface area contributed by atoms with Gasteiger partial charge in [0.15, 0.2) is 10.5 Å². The predicted octanol–water partition coefficient (Wildman–Crippen LogP) is 3.90. The number of hydrogen-bond donors (Lipinski definition) is 0. The molecule has 1 aromatic carbocycles. The van der Waals surface area contributed by atoms with Gasteiger partial charge in [0.2, 0.25) is 0 Å². The van der Waals surface area contributed by atoms with E-state index in [0.717, 1.165) is 22.0 Å². The third-order valence-corrected chi connectivity index (χ3v) is 3.88. The highest BCUT2D eigenvalue weighted by molar-refractivity contribution is 7.99. The van der Waals surface area contributed by atoms with Gasteiger partial charge in [0.25, 0.3) is 0 Å². The van der Waals surface area contributed by atoms with Crippen molar-refractivity contribution < 1.29 is 4.42 Å². The SMILES string of the molecule is [CH2]Cc1cc(C)cc2c(=O)c(C)c(SCC)oc12. The van der Waals surface area contributed by atoms with Gasteiger partial charge in [-0.05, 0) is 50.1 Å². The van der Waals surface area contributed by atoms with Gasteiger partial charge in [-0.15, -0.1) is 0 Å². The van der Waals surface area contributed by atoms with Crippen LogP contribution >= 0.6 is 11.8 Å². The molecular weight excluding hydrogens is 244 g/mol. The van der Waals surface area contributed by atoms with E-state index < -0.39 is 0 Å². The Balaban J connectivity index is 2.86. The summed E-state index contributed by atoms with van der Waals surface area (Å²) in [6, 6.07) is 3.93. The molecule has 3 heteroatoms. The summed E-state index contributed by atoms with van der Waals surface area (Å²) in [5, 5.41) is 1.40. The maximum absolute atomic E-state index is 12.4. The first-order valence-electron chi connectivity index (χ1n) is 6.07. The van der Waals surface area contributed by atoms with Gasteiger partial charge in [-0.25, -0.2) is 0 Å². The second kappa shape index (κ2) is 5.19. The summed E-state index contributed by atoms with van der Waals surface area (Å²) in [7, 11) is 0. The fourth-order valence-corrected chi connectivity index (χ4v) is 2.77. The van der Waals surface area contributed by atoms with E-state index in [2.05, 4.69) is 6.92 Å². The summed E-state index contributed by atoms with van der Waals surface area (Å²) in [6.07, 6.45) is 0.625. The Kier molecular flexibility index (Phi) is 3.81. The van der Waals surface area contributed by atoms with Crippen molar-refractivity contribution in [2.75, 3.05) is 5.75 Å². The van der Waals surface area contributed by atoms with Crippen LogP contribution < -0.4 is 5.43 Å². The third-order valence-electron chi connectivity index (χ3n) is 2.94. The zero-order chi connectivity index (χ0) is 13.3. The molecule has 0 bridgehead atoms. The van der Waals surface area contributed by atoms with Gasteiger partial charge in [0.05, 0.1) is 5.39 Å². The lowest BCUT2D eigenvalue weighted by Gasteiger charge is -2.09. The molecule has 2 aromatic rings. The fraction of sp³-hybridized carbons (Fsp3) is 0.333. The van der Waals surface area contributed by atoms with Crippen LogP contribution in [0.5, 0.6) is 0 Å². The van der Waals surface area contributed by atoms with Gasteiger partial charge in [-0.2, -0.15) is 0 Å². The van der Waals surface area contributed by atoms with Crippen molar-refractivity contribution in [1.29, 1.82) is 0 Å². The molecule has 1 radical (unpaired) electrons. The molecule has 1 aromatic heterocycles. The Morgan fingerprint density at radius 2 is 2.06 bits per heavy atom. The highest BCUT2D eigenvalue weighted by atomic mass is 32.2. The molecule has 2 rings (SSSR count). The molecule has 0 aliphatic carbocycles. The second-order valence-corrected chi connectivity index (χ2v) is 5.56. The maximum atomic E-state index is 12.4. The quantitative estimate of drug-likeness (QED) is 0.785. The van der Waals surface area contributed by atoms with Crippen LogP contribution in [0, 0.1) is 20.8 Å². The summed E-state index contributed by atoms with van der Waals surface area (Å²) in [5.74, 6) is 0.890. The molecule has 0 amide bonds. The van der Waals surface area contributed by atoms with Crippen LogP contribution in [0.15, 0.2) is 26.4 Å². The molecule has 0 fully saturated rings. The molecule has 0 saturated heterocycles. The van der Waals surface area contributed by atoms with Crippen LogP contribution in [-0.4, -0.2) is 5.75 Å². The molecule has 0 aliphatic heterocycles. The number of hydrogen-bond acceptors (Lipinski definition) is 3. The smallest absolute Gasteiger partial charge is 0.196 e. The topological polar surface area (TPSA) is 30.2 Å². The lowest BCUT2D eigenvalue weighted by atomic mass is 10.0. The average Bonchev–Trinajstić information content (AvgIpc) is 2.36. The van der Waals surface area contributed by atoms with E-state index in [1.807, 2.05) is 32.9 Å². The highest BCUT2D eigenvalue weighted by Gasteiger charge is 2.13. The second-order valence-electron chi connectivity index (χ2n) is 4.33. The molecule has 18 heavy (non-hydrogen) atoms. The summed E-state index contributed by atoms with van der Waals surface area (Å²) in [6.45, 7) is 9.77. The predicted molar refractivity (Wildman–Crippen MR) is 77.4 cm³/mol. The fourth-order valence-electron chi connectivity index (χ4n) is 2.06. The molecule has 0 atom stereocenters. The number of thioether (sulfide) groups is 1. The number of aryl methyl sites for hydroxylation is 1. The van der Waals surface area contributed by atoms with Gasteiger partial charge in [-0.1, -0.05) is 24.8 Å². The molecule has 0 spiro atoms. The Bertz CT molecular complexity index is 641. The minimum absolute atomic E-state index is 0.0746. The number of rotatable bonds is 3. The molecule has 1 heterocycles. The van der Waals surface area contributed by atoms with Gasteiger partial charge in [0, 0.05) is 5.56 Å². The Morgan fingerprint density at radius 3 is 2.67 bits per heavy atom. The van der Waals surface area contributed by atoms with Crippen LogP contribution in [0.3, 0.4) is 0 Å². The molecule has 0 unspecified atom stereocenters. The van der Waals surface area contributed by atoms with E-state index in [0.29, 0.717) is 23.0 Å². The van der Waals surface area contributed by atoms with Gasteiger partial charge in [-0.3, -0.25) is 4.79 Å². The van der Waals surface area contributed by atoms with Crippen molar-refractivity contribution in [3.05, 3.63) is 46.0 Å². The van der Waals surface area contributed by atoms with Crippen molar-refractivity contribution >= 4 is 22.7 Å². The molecule has 0 aliphatic rings. The summed E-state index contributed by atoms with van der Waals surface area (Å²) in [4.78, 5) is 12.4. The largest absolute Gasteiger partial charge is 0.449 e. The number of benzene rings is 1. The van der Waals surface area contributed by atoms with Crippen molar-refractivity contribution in [3.63, 3.8) is 0 Å². The zero-order valence-electron chi connectivity index (χ0n) is 11.0. The first kappa shape index (κ1) is 13.2. The van der Waals surface area contributed by atoms with E-state index >= 15 is 0 Å². The standard InChI is InChI=1S/C15H17O2S/c1-5-11-7-9(3)8-12-13(16)10(4)15(18-6-2)17-14(11)12/h7-8H,1,5-6H2,2-4H3. The van der Waals surface area contributed by atoms with Gasteiger partial charge < -0.3 is 4.42 Å². The highest BCUT2D eigenvalue weighted by Crippen LogP contribution is 2.27. The monoisotopic (exact) mass is 261 g/mol. The van der Waals surface area contributed by atoms with E-state index in [1.165, 1.54) is 0 Å². The minimum Gasteiger partial charge on any atom is -0.449 e. The van der Waals surface area contributed by atoms with E-state index in [-0.39, 0.29) is 5.43 Å². The summed E-state index contributed by atoms with van der Waals surface area (Å²) in [5.41, 5.74) is 3.55. The van der Waals surface area contributed by atoms with Crippen molar-refractivity contribution in [3.8, 4) is 0 Å². The Hall–Kier alpha value is -1.22. The Morgan fingerprint density at radius 1 is 1.33 bits per heavy atom. The van der Waals surface area contributed by atoms with Crippen LogP contribution in [0.4, 0.5) is 0 Å². The molecule has 0 N–H and O–H groups in total. The lowest BCUT2D eigenvalue weighted by Crippen LogP contribution is -2.08. The maximum Gasteiger partial charge on any atom is 0.196 e. The normalized spacial score (nSPS) is 11.1. The van der Waals surface area contributed by atoms with Gasteiger partial charge in [0.1, 0.15) is 5.58 Å². The molecule has 0 saturated carbocycles. The third kappa shape index (κ3) is 2.19. The van der Waals surface area contributed by atoms with Crippen molar-refractivity contribution in [1.82, 2.24) is 0 Å². The molecular formula is C15H17O2S. The van der Waals surface area contributed by atoms with Crippen LogP contribution in [-0.2, 0) is 6.42 Å². The zero-order valence-corrected chi connectivity index (χ0v) is 11.8.